The molecule has 94 valence electrons. The first-order chi connectivity index (χ1) is 8.10. The van der Waals surface area contributed by atoms with Crippen LogP contribution in [0.3, 0.4) is 0 Å². The molecule has 0 aliphatic carbocycles. The van der Waals surface area contributed by atoms with E-state index in [1.165, 1.54) is 7.11 Å². The Labute approximate surface area is 115 Å². The Morgan fingerprint density at radius 3 is 2.47 bits per heavy atom. The van der Waals surface area contributed by atoms with E-state index in [4.69, 9.17) is 4.74 Å². The summed E-state index contributed by atoms with van der Waals surface area (Å²) in [6.07, 6.45) is 2.05. The lowest BCUT2D eigenvalue weighted by Gasteiger charge is -2.21. The van der Waals surface area contributed by atoms with Crippen molar-refractivity contribution in [1.29, 1.82) is 0 Å². The van der Waals surface area contributed by atoms with Gasteiger partial charge in [-0.05, 0) is 35.6 Å². The topological polar surface area (TPSA) is 26.3 Å². The normalized spacial score (nSPS) is 14.1. The van der Waals surface area contributed by atoms with Gasteiger partial charge in [-0.2, -0.15) is 11.8 Å². The smallest absolute Gasteiger partial charge is 0.313 e. The van der Waals surface area contributed by atoms with Crippen LogP contribution in [0.4, 0.5) is 0 Å². The minimum Gasteiger partial charge on any atom is -0.469 e. The lowest BCUT2D eigenvalue weighted by atomic mass is 9.88. The van der Waals surface area contributed by atoms with Crippen molar-refractivity contribution < 1.29 is 9.53 Å². The maximum Gasteiger partial charge on any atom is 0.313 e. The maximum atomic E-state index is 11.9. The summed E-state index contributed by atoms with van der Waals surface area (Å²) in [5.41, 5.74) is 1.02. The number of benzene rings is 1. The fraction of sp³-hybridized carbons (Fsp3) is 0.462. The second-order valence-electron chi connectivity index (χ2n) is 3.99. The van der Waals surface area contributed by atoms with E-state index in [9.17, 15) is 4.79 Å². The van der Waals surface area contributed by atoms with Gasteiger partial charge in [0.2, 0.25) is 0 Å². The van der Waals surface area contributed by atoms with Crippen LogP contribution >= 0.6 is 27.7 Å². The minimum absolute atomic E-state index is 0.158. The summed E-state index contributed by atoms with van der Waals surface area (Å²) in [4.78, 5) is 11.9. The molecule has 0 fully saturated rings. The fourth-order valence-electron chi connectivity index (χ4n) is 1.85. The number of esters is 1. The molecule has 1 aromatic carbocycles. The molecule has 0 spiro atoms. The SMILES string of the molecule is COC(=O)C(c1ccc(Br)cc1)C(C)CSC. The van der Waals surface area contributed by atoms with Crippen LogP contribution in [-0.4, -0.2) is 25.1 Å². The molecule has 0 heterocycles. The van der Waals surface area contributed by atoms with Gasteiger partial charge in [0, 0.05) is 4.47 Å². The summed E-state index contributed by atoms with van der Waals surface area (Å²) >= 11 is 5.14. The number of hydrogen-bond acceptors (Lipinski definition) is 3. The molecule has 0 aliphatic heterocycles. The molecule has 1 aromatic rings. The molecule has 0 aliphatic rings. The van der Waals surface area contributed by atoms with E-state index >= 15 is 0 Å². The van der Waals surface area contributed by atoms with Gasteiger partial charge in [0.15, 0.2) is 0 Å². The number of carbonyl (C=O) groups is 1. The average Bonchev–Trinajstić information content (AvgIpc) is 2.32. The molecule has 0 saturated carbocycles. The predicted octanol–water partition coefficient (Wildman–Crippen LogP) is 3.70. The lowest BCUT2D eigenvalue weighted by Crippen LogP contribution is -2.22. The van der Waals surface area contributed by atoms with Crippen LogP contribution in [0.25, 0.3) is 0 Å². The Kier molecular flexibility index (Phi) is 6.06. The first kappa shape index (κ1) is 14.6. The zero-order valence-electron chi connectivity index (χ0n) is 10.3. The van der Waals surface area contributed by atoms with Gasteiger partial charge in [-0.1, -0.05) is 35.0 Å². The highest BCUT2D eigenvalue weighted by atomic mass is 79.9. The van der Waals surface area contributed by atoms with Gasteiger partial charge in [0.1, 0.15) is 0 Å². The monoisotopic (exact) mass is 316 g/mol. The third kappa shape index (κ3) is 4.03. The van der Waals surface area contributed by atoms with E-state index in [-0.39, 0.29) is 17.8 Å². The lowest BCUT2D eigenvalue weighted by molar-refractivity contribution is -0.143. The Bertz CT molecular complexity index is 364. The maximum absolute atomic E-state index is 11.9. The van der Waals surface area contributed by atoms with Gasteiger partial charge in [-0.25, -0.2) is 0 Å². The summed E-state index contributed by atoms with van der Waals surface area (Å²) in [5, 5.41) is 0. The first-order valence-corrected chi connectivity index (χ1v) is 7.61. The van der Waals surface area contributed by atoms with Crippen molar-refractivity contribution in [2.75, 3.05) is 19.1 Å². The van der Waals surface area contributed by atoms with E-state index in [2.05, 4.69) is 22.9 Å². The number of carbonyl (C=O) groups excluding carboxylic acids is 1. The molecular weight excluding hydrogens is 300 g/mol. The van der Waals surface area contributed by atoms with Gasteiger partial charge in [0.05, 0.1) is 13.0 Å². The fourth-order valence-corrected chi connectivity index (χ4v) is 2.84. The third-order valence-electron chi connectivity index (χ3n) is 2.68. The number of hydrogen-bond donors (Lipinski definition) is 0. The van der Waals surface area contributed by atoms with Crippen molar-refractivity contribution in [2.45, 2.75) is 12.8 Å². The van der Waals surface area contributed by atoms with Gasteiger partial charge in [-0.15, -0.1) is 0 Å². The Morgan fingerprint density at radius 1 is 1.41 bits per heavy atom. The summed E-state index contributed by atoms with van der Waals surface area (Å²) < 4.78 is 5.92. The highest BCUT2D eigenvalue weighted by Crippen LogP contribution is 2.29. The second-order valence-corrected chi connectivity index (χ2v) is 5.81. The molecule has 17 heavy (non-hydrogen) atoms. The average molecular weight is 317 g/mol. The van der Waals surface area contributed by atoms with Crippen LogP contribution in [-0.2, 0) is 9.53 Å². The Balaban J connectivity index is 2.97. The Hall–Kier alpha value is -0.480. The highest BCUT2D eigenvalue weighted by molar-refractivity contribution is 9.10. The molecule has 0 N–H and O–H groups in total. The zero-order valence-corrected chi connectivity index (χ0v) is 12.7. The third-order valence-corrected chi connectivity index (χ3v) is 4.07. The summed E-state index contributed by atoms with van der Waals surface area (Å²) in [6.45, 7) is 2.08. The van der Waals surface area contributed by atoms with E-state index < -0.39 is 0 Å². The van der Waals surface area contributed by atoms with Crippen LogP contribution in [0.15, 0.2) is 28.7 Å². The molecule has 0 saturated heterocycles. The summed E-state index contributed by atoms with van der Waals surface area (Å²) in [6, 6.07) is 7.86. The quantitative estimate of drug-likeness (QED) is 0.775. The minimum atomic E-state index is -0.180. The van der Waals surface area contributed by atoms with Crippen molar-refractivity contribution >= 4 is 33.7 Å². The van der Waals surface area contributed by atoms with E-state index in [1.54, 1.807) is 11.8 Å². The van der Waals surface area contributed by atoms with Crippen LogP contribution < -0.4 is 0 Å². The van der Waals surface area contributed by atoms with E-state index in [0.29, 0.717) is 0 Å². The molecule has 0 bridgehead atoms. The molecule has 0 amide bonds. The number of thioether (sulfide) groups is 1. The number of rotatable bonds is 5. The van der Waals surface area contributed by atoms with E-state index in [1.807, 2.05) is 30.5 Å². The van der Waals surface area contributed by atoms with Crippen LogP contribution in [0.2, 0.25) is 0 Å². The Morgan fingerprint density at radius 2 is 2.00 bits per heavy atom. The van der Waals surface area contributed by atoms with Gasteiger partial charge in [-0.3, -0.25) is 4.79 Å². The van der Waals surface area contributed by atoms with Gasteiger partial charge >= 0.3 is 5.97 Å². The van der Waals surface area contributed by atoms with Crippen LogP contribution in [0.5, 0.6) is 0 Å². The molecule has 2 unspecified atom stereocenters. The summed E-state index contributed by atoms with van der Waals surface area (Å²) in [7, 11) is 1.44. The molecule has 2 atom stereocenters. The number of halogens is 1. The second kappa shape index (κ2) is 7.07. The van der Waals surface area contributed by atoms with Crippen molar-refractivity contribution in [1.82, 2.24) is 0 Å². The van der Waals surface area contributed by atoms with Crippen molar-refractivity contribution in [3.63, 3.8) is 0 Å². The van der Waals surface area contributed by atoms with Crippen molar-refractivity contribution in [2.24, 2.45) is 5.92 Å². The van der Waals surface area contributed by atoms with E-state index in [0.717, 1.165) is 15.8 Å². The van der Waals surface area contributed by atoms with Crippen molar-refractivity contribution in [3.05, 3.63) is 34.3 Å². The highest BCUT2D eigenvalue weighted by Gasteiger charge is 2.27. The number of methoxy groups -OCH3 is 1. The molecule has 0 radical (unpaired) electrons. The van der Waals surface area contributed by atoms with Crippen LogP contribution in [0, 0.1) is 5.92 Å². The molecule has 0 aromatic heterocycles. The summed E-state index contributed by atoms with van der Waals surface area (Å²) in [5.74, 6) is 0.864. The molecular formula is C13H17BrO2S. The first-order valence-electron chi connectivity index (χ1n) is 5.42. The largest absolute Gasteiger partial charge is 0.469 e. The number of ether oxygens (including phenoxy) is 1. The molecule has 2 nitrogen and oxygen atoms in total. The van der Waals surface area contributed by atoms with Gasteiger partial charge in [0.25, 0.3) is 0 Å². The molecule has 4 heteroatoms. The zero-order chi connectivity index (χ0) is 12.8. The van der Waals surface area contributed by atoms with Crippen LogP contribution in [0.1, 0.15) is 18.4 Å². The molecule has 1 rings (SSSR count). The predicted molar refractivity (Wildman–Crippen MR) is 76.4 cm³/mol. The van der Waals surface area contributed by atoms with Gasteiger partial charge < -0.3 is 4.74 Å². The van der Waals surface area contributed by atoms with Crippen molar-refractivity contribution in [3.8, 4) is 0 Å². The standard InChI is InChI=1S/C13H17BrO2S/c1-9(8-17-3)12(13(15)16-2)10-4-6-11(14)7-5-10/h4-7,9,12H,8H2,1-3H3.